The van der Waals surface area contributed by atoms with E-state index in [0.717, 1.165) is 19.3 Å². The van der Waals surface area contributed by atoms with Gasteiger partial charge < -0.3 is 15.2 Å². The zero-order valence-corrected chi connectivity index (χ0v) is 11.2. The van der Waals surface area contributed by atoms with Gasteiger partial charge in [-0.2, -0.15) is 0 Å². The van der Waals surface area contributed by atoms with Crippen LogP contribution in [0.25, 0.3) is 0 Å². The van der Waals surface area contributed by atoms with E-state index < -0.39 is 5.97 Å². The first-order chi connectivity index (χ1) is 8.43. The van der Waals surface area contributed by atoms with Crippen LogP contribution in [0.2, 0.25) is 0 Å². The van der Waals surface area contributed by atoms with E-state index in [9.17, 15) is 9.59 Å². The zero-order valence-electron chi connectivity index (χ0n) is 11.2. The molecule has 0 spiro atoms. The van der Waals surface area contributed by atoms with E-state index in [1.165, 1.54) is 6.42 Å². The highest BCUT2D eigenvalue weighted by Crippen LogP contribution is 2.40. The first kappa shape index (κ1) is 15.0. The van der Waals surface area contributed by atoms with Crippen molar-refractivity contribution >= 4 is 11.9 Å². The second-order valence-corrected chi connectivity index (χ2v) is 5.52. The molecule has 5 heteroatoms. The summed E-state index contributed by atoms with van der Waals surface area (Å²) in [5.74, 6) is -0.862. The summed E-state index contributed by atoms with van der Waals surface area (Å²) in [6.45, 7) is 4.57. The third kappa shape index (κ3) is 4.64. The Labute approximate surface area is 108 Å². The standard InChI is InChI=1S/C13H23NO4/c1-13(2)6-4-3-5-10(13)12(17)14-7-8-18-9-11(15)16/h10H,3-9H2,1-2H3,(H,14,17)(H,15,16). The first-order valence-corrected chi connectivity index (χ1v) is 6.51. The first-order valence-electron chi connectivity index (χ1n) is 6.51. The molecule has 1 atom stereocenters. The molecular formula is C13H23NO4. The van der Waals surface area contributed by atoms with E-state index in [1.807, 2.05) is 0 Å². The quantitative estimate of drug-likeness (QED) is 0.706. The molecule has 1 aliphatic rings. The van der Waals surface area contributed by atoms with Gasteiger partial charge in [0.05, 0.1) is 6.61 Å². The van der Waals surface area contributed by atoms with Gasteiger partial charge >= 0.3 is 5.97 Å². The lowest BCUT2D eigenvalue weighted by Crippen LogP contribution is -2.42. The van der Waals surface area contributed by atoms with Crippen LogP contribution in [0.5, 0.6) is 0 Å². The number of aliphatic carboxylic acids is 1. The second-order valence-electron chi connectivity index (χ2n) is 5.52. The summed E-state index contributed by atoms with van der Waals surface area (Å²) in [6.07, 6.45) is 4.32. The van der Waals surface area contributed by atoms with Crippen molar-refractivity contribution in [2.75, 3.05) is 19.8 Å². The highest BCUT2D eigenvalue weighted by atomic mass is 16.5. The summed E-state index contributed by atoms with van der Waals surface area (Å²) in [5.41, 5.74) is 0.0598. The number of nitrogens with one attached hydrogen (secondary N) is 1. The van der Waals surface area contributed by atoms with Gasteiger partial charge in [-0.3, -0.25) is 4.79 Å². The van der Waals surface area contributed by atoms with Crippen LogP contribution >= 0.6 is 0 Å². The van der Waals surface area contributed by atoms with Gasteiger partial charge in [-0.15, -0.1) is 0 Å². The van der Waals surface area contributed by atoms with Crippen LogP contribution < -0.4 is 5.32 Å². The minimum absolute atomic E-state index is 0.0598. The number of hydrogen-bond acceptors (Lipinski definition) is 3. The Balaban J connectivity index is 2.25. The molecule has 0 aromatic rings. The summed E-state index contributed by atoms with van der Waals surface area (Å²) >= 11 is 0. The second kappa shape index (κ2) is 6.73. The third-order valence-corrected chi connectivity index (χ3v) is 3.59. The Bertz CT molecular complexity index is 301. The highest BCUT2D eigenvalue weighted by Gasteiger charge is 2.36. The van der Waals surface area contributed by atoms with E-state index in [2.05, 4.69) is 19.2 Å². The molecule has 0 bridgehead atoms. The van der Waals surface area contributed by atoms with Crippen molar-refractivity contribution in [1.29, 1.82) is 0 Å². The molecule has 0 radical (unpaired) electrons. The number of carbonyl (C=O) groups excluding carboxylic acids is 1. The lowest BCUT2D eigenvalue weighted by Gasteiger charge is -2.37. The van der Waals surface area contributed by atoms with Crippen molar-refractivity contribution in [3.63, 3.8) is 0 Å². The van der Waals surface area contributed by atoms with Crippen LogP contribution in [0.15, 0.2) is 0 Å². The van der Waals surface area contributed by atoms with Crippen LogP contribution in [0.3, 0.4) is 0 Å². The molecule has 1 rings (SSSR count). The van der Waals surface area contributed by atoms with E-state index in [0.29, 0.717) is 6.54 Å². The van der Waals surface area contributed by atoms with E-state index in [4.69, 9.17) is 9.84 Å². The topological polar surface area (TPSA) is 75.6 Å². The lowest BCUT2D eigenvalue weighted by molar-refractivity contribution is -0.142. The smallest absolute Gasteiger partial charge is 0.329 e. The fraction of sp³-hybridized carbons (Fsp3) is 0.846. The van der Waals surface area contributed by atoms with Crippen molar-refractivity contribution in [3.8, 4) is 0 Å². The summed E-state index contributed by atoms with van der Waals surface area (Å²) in [4.78, 5) is 22.2. The maximum atomic E-state index is 12.0. The van der Waals surface area contributed by atoms with Crippen LogP contribution in [0.4, 0.5) is 0 Å². The molecule has 1 saturated carbocycles. The van der Waals surface area contributed by atoms with Gasteiger partial charge in [0.2, 0.25) is 5.91 Å². The van der Waals surface area contributed by atoms with Crippen molar-refractivity contribution in [2.45, 2.75) is 39.5 Å². The van der Waals surface area contributed by atoms with Crippen molar-refractivity contribution in [2.24, 2.45) is 11.3 Å². The van der Waals surface area contributed by atoms with Gasteiger partial charge in [-0.25, -0.2) is 4.79 Å². The fourth-order valence-electron chi connectivity index (χ4n) is 2.51. The molecule has 0 aliphatic heterocycles. The molecule has 2 N–H and O–H groups in total. The summed E-state index contributed by atoms with van der Waals surface area (Å²) < 4.78 is 4.87. The number of rotatable bonds is 6. The largest absolute Gasteiger partial charge is 0.480 e. The monoisotopic (exact) mass is 257 g/mol. The number of carbonyl (C=O) groups is 2. The number of ether oxygens (including phenoxy) is 1. The highest BCUT2D eigenvalue weighted by molar-refractivity contribution is 5.79. The minimum atomic E-state index is -0.991. The van der Waals surface area contributed by atoms with Crippen LogP contribution in [0.1, 0.15) is 39.5 Å². The van der Waals surface area contributed by atoms with Crippen LogP contribution in [-0.2, 0) is 14.3 Å². The molecule has 1 unspecified atom stereocenters. The normalized spacial score (nSPS) is 22.4. The Morgan fingerprint density at radius 3 is 2.72 bits per heavy atom. The Kier molecular flexibility index (Phi) is 5.59. The Morgan fingerprint density at radius 2 is 2.11 bits per heavy atom. The SMILES string of the molecule is CC1(C)CCCCC1C(=O)NCCOCC(=O)O. The predicted molar refractivity (Wildman–Crippen MR) is 67.2 cm³/mol. The molecule has 5 nitrogen and oxygen atoms in total. The van der Waals surface area contributed by atoms with Crippen molar-refractivity contribution < 1.29 is 19.4 Å². The Morgan fingerprint density at radius 1 is 1.39 bits per heavy atom. The van der Waals surface area contributed by atoms with Crippen molar-refractivity contribution in [1.82, 2.24) is 5.32 Å². The number of hydrogen-bond donors (Lipinski definition) is 2. The maximum Gasteiger partial charge on any atom is 0.329 e. The van der Waals surface area contributed by atoms with Gasteiger partial charge in [0.25, 0.3) is 0 Å². The molecule has 0 aromatic carbocycles. The van der Waals surface area contributed by atoms with Gasteiger partial charge in [-0.05, 0) is 18.3 Å². The number of amides is 1. The maximum absolute atomic E-state index is 12.0. The molecule has 1 aliphatic carbocycles. The van der Waals surface area contributed by atoms with Crippen LogP contribution in [0, 0.1) is 11.3 Å². The van der Waals surface area contributed by atoms with Gasteiger partial charge in [-0.1, -0.05) is 26.7 Å². The van der Waals surface area contributed by atoms with Gasteiger partial charge in [0, 0.05) is 12.5 Å². The third-order valence-electron chi connectivity index (χ3n) is 3.59. The molecule has 18 heavy (non-hydrogen) atoms. The molecule has 104 valence electrons. The Hall–Kier alpha value is -1.10. The van der Waals surface area contributed by atoms with E-state index in [-0.39, 0.29) is 30.5 Å². The van der Waals surface area contributed by atoms with Crippen molar-refractivity contribution in [3.05, 3.63) is 0 Å². The summed E-state index contributed by atoms with van der Waals surface area (Å²) in [6, 6.07) is 0. The minimum Gasteiger partial charge on any atom is -0.480 e. The molecule has 0 saturated heterocycles. The molecule has 1 fully saturated rings. The number of carboxylic acid groups (broad SMARTS) is 1. The molecular weight excluding hydrogens is 234 g/mol. The fourth-order valence-corrected chi connectivity index (χ4v) is 2.51. The average Bonchev–Trinajstić information content (AvgIpc) is 2.27. The van der Waals surface area contributed by atoms with Gasteiger partial charge in [0.1, 0.15) is 6.61 Å². The number of carboxylic acids is 1. The summed E-state index contributed by atoms with van der Waals surface area (Å²) in [5, 5.41) is 11.2. The predicted octanol–water partition coefficient (Wildman–Crippen LogP) is 1.42. The van der Waals surface area contributed by atoms with Crippen LogP contribution in [-0.4, -0.2) is 36.7 Å². The zero-order chi connectivity index (χ0) is 13.6. The lowest BCUT2D eigenvalue weighted by atomic mass is 9.68. The van der Waals surface area contributed by atoms with E-state index in [1.54, 1.807) is 0 Å². The van der Waals surface area contributed by atoms with E-state index >= 15 is 0 Å². The summed E-state index contributed by atoms with van der Waals surface area (Å²) in [7, 11) is 0. The molecule has 1 amide bonds. The molecule has 0 heterocycles. The molecule has 0 aromatic heterocycles. The van der Waals surface area contributed by atoms with Gasteiger partial charge in [0.15, 0.2) is 0 Å². The average molecular weight is 257 g/mol.